The fourth-order valence-electron chi connectivity index (χ4n) is 1.93. The fourth-order valence-corrected chi connectivity index (χ4v) is 1.93. The van der Waals surface area contributed by atoms with Crippen molar-refractivity contribution in [3.63, 3.8) is 0 Å². The van der Waals surface area contributed by atoms with E-state index < -0.39 is 0 Å². The van der Waals surface area contributed by atoms with Gasteiger partial charge in [-0.2, -0.15) is 0 Å². The lowest BCUT2D eigenvalue weighted by molar-refractivity contribution is -0.126. The van der Waals surface area contributed by atoms with Crippen molar-refractivity contribution in [2.45, 2.75) is 19.8 Å². The van der Waals surface area contributed by atoms with E-state index in [2.05, 4.69) is 9.89 Å². The Morgan fingerprint density at radius 3 is 2.85 bits per heavy atom. The van der Waals surface area contributed by atoms with Gasteiger partial charge in [0.05, 0.1) is 0 Å². The molecular formula is C9H15N3O. The first-order chi connectivity index (χ1) is 6.29. The molecule has 1 amide bonds. The molecule has 1 saturated heterocycles. The average Bonchev–Trinajstić information content (AvgIpc) is 2.17. The molecule has 0 spiro atoms. The van der Waals surface area contributed by atoms with Crippen LogP contribution < -0.4 is 0 Å². The molecule has 0 bridgehead atoms. The van der Waals surface area contributed by atoms with Crippen LogP contribution in [0.4, 0.5) is 0 Å². The quantitative estimate of drug-likeness (QED) is 0.539. The number of hydrogen-bond donors (Lipinski definition) is 0. The van der Waals surface area contributed by atoms with Crippen LogP contribution in [0.5, 0.6) is 0 Å². The third-order valence-corrected chi connectivity index (χ3v) is 2.55. The molecule has 0 aromatic carbocycles. The fraction of sp³-hybridized carbons (Fsp3) is 0.778. The second-order valence-corrected chi connectivity index (χ2v) is 3.55. The first kappa shape index (κ1) is 8.53. The van der Waals surface area contributed by atoms with Crippen LogP contribution in [0.25, 0.3) is 0 Å². The molecule has 0 aromatic rings. The number of carbonyl (C=O) groups excluding carboxylic acids is 1. The molecule has 4 heteroatoms. The monoisotopic (exact) mass is 181 g/mol. The van der Waals surface area contributed by atoms with E-state index in [0.717, 1.165) is 45.0 Å². The van der Waals surface area contributed by atoms with Crippen LogP contribution in [0.1, 0.15) is 19.8 Å². The van der Waals surface area contributed by atoms with Crippen molar-refractivity contribution in [1.29, 1.82) is 0 Å². The highest BCUT2D eigenvalue weighted by Gasteiger charge is 2.27. The lowest BCUT2D eigenvalue weighted by Gasteiger charge is -2.39. The molecule has 72 valence electrons. The highest BCUT2D eigenvalue weighted by atomic mass is 16.2. The van der Waals surface area contributed by atoms with Gasteiger partial charge in [0.2, 0.25) is 11.9 Å². The Kier molecular flexibility index (Phi) is 2.20. The summed E-state index contributed by atoms with van der Waals surface area (Å²) in [4.78, 5) is 19.7. The van der Waals surface area contributed by atoms with Crippen molar-refractivity contribution in [2.24, 2.45) is 4.99 Å². The smallest absolute Gasteiger partial charge is 0.226 e. The van der Waals surface area contributed by atoms with Crippen molar-refractivity contribution in [3.05, 3.63) is 0 Å². The van der Waals surface area contributed by atoms with E-state index >= 15 is 0 Å². The molecule has 0 saturated carbocycles. The second kappa shape index (κ2) is 3.36. The minimum Gasteiger partial charge on any atom is -0.342 e. The summed E-state index contributed by atoms with van der Waals surface area (Å²) in [5.41, 5.74) is 0. The van der Waals surface area contributed by atoms with E-state index in [-0.39, 0.29) is 5.91 Å². The Hall–Kier alpha value is -1.06. The minimum atomic E-state index is 0.116. The predicted molar refractivity (Wildman–Crippen MR) is 50.5 cm³/mol. The number of rotatable bonds is 0. The molecule has 0 unspecified atom stereocenters. The van der Waals surface area contributed by atoms with Crippen molar-refractivity contribution in [2.75, 3.05) is 26.2 Å². The Balaban J connectivity index is 2.19. The molecule has 4 nitrogen and oxygen atoms in total. The van der Waals surface area contributed by atoms with E-state index in [9.17, 15) is 4.79 Å². The Morgan fingerprint density at radius 2 is 2.08 bits per heavy atom. The van der Waals surface area contributed by atoms with Crippen molar-refractivity contribution >= 4 is 11.9 Å². The maximum atomic E-state index is 11.3. The zero-order chi connectivity index (χ0) is 9.26. The minimum absolute atomic E-state index is 0.116. The maximum Gasteiger partial charge on any atom is 0.226 e. The van der Waals surface area contributed by atoms with Gasteiger partial charge in [-0.3, -0.25) is 14.7 Å². The molecule has 0 radical (unpaired) electrons. The van der Waals surface area contributed by atoms with Crippen molar-refractivity contribution in [1.82, 2.24) is 9.80 Å². The normalized spacial score (nSPS) is 22.4. The molecule has 0 aliphatic carbocycles. The maximum absolute atomic E-state index is 11.3. The molecule has 13 heavy (non-hydrogen) atoms. The van der Waals surface area contributed by atoms with Gasteiger partial charge in [-0.1, -0.05) is 0 Å². The van der Waals surface area contributed by atoms with E-state index in [4.69, 9.17) is 0 Å². The topological polar surface area (TPSA) is 35.9 Å². The summed E-state index contributed by atoms with van der Waals surface area (Å²) in [6, 6.07) is 0. The summed E-state index contributed by atoms with van der Waals surface area (Å²) in [5, 5.41) is 0. The Labute approximate surface area is 78.2 Å². The van der Waals surface area contributed by atoms with Crippen LogP contribution >= 0.6 is 0 Å². The van der Waals surface area contributed by atoms with Crippen molar-refractivity contribution in [3.8, 4) is 0 Å². The first-order valence-electron chi connectivity index (χ1n) is 4.86. The number of aliphatic imine (C=N–C) groups is 1. The van der Waals surface area contributed by atoms with Gasteiger partial charge >= 0.3 is 0 Å². The van der Waals surface area contributed by atoms with Crippen LogP contribution in [-0.2, 0) is 4.79 Å². The predicted octanol–water partition coefficient (Wildman–Crippen LogP) is 0.300. The standard InChI is InChI=1S/C9H15N3O/c1-8(13)12-7-3-6-11-5-2-4-10-9(11)12/h2-7H2,1H3. The van der Waals surface area contributed by atoms with Gasteiger partial charge in [-0.25, -0.2) is 0 Å². The largest absolute Gasteiger partial charge is 0.342 e. The lowest BCUT2D eigenvalue weighted by atomic mass is 10.2. The van der Waals surface area contributed by atoms with Gasteiger partial charge in [-0.15, -0.1) is 0 Å². The Bertz CT molecular complexity index is 249. The highest BCUT2D eigenvalue weighted by molar-refractivity contribution is 5.96. The summed E-state index contributed by atoms with van der Waals surface area (Å²) >= 11 is 0. The van der Waals surface area contributed by atoms with Gasteiger partial charge in [0, 0.05) is 33.1 Å². The molecule has 2 aliphatic heterocycles. The zero-order valence-corrected chi connectivity index (χ0v) is 7.99. The molecule has 2 heterocycles. The van der Waals surface area contributed by atoms with Crippen molar-refractivity contribution < 1.29 is 4.79 Å². The number of fused-ring (bicyclic) bond motifs is 1. The van der Waals surface area contributed by atoms with Gasteiger partial charge in [0.25, 0.3) is 0 Å². The number of nitrogens with zero attached hydrogens (tertiary/aromatic N) is 3. The summed E-state index contributed by atoms with van der Waals surface area (Å²) < 4.78 is 0. The van der Waals surface area contributed by atoms with Crippen LogP contribution in [0.3, 0.4) is 0 Å². The third kappa shape index (κ3) is 1.53. The third-order valence-electron chi connectivity index (χ3n) is 2.55. The molecule has 0 aromatic heterocycles. The molecule has 2 rings (SSSR count). The van der Waals surface area contributed by atoms with Crippen LogP contribution in [0, 0.1) is 0 Å². The van der Waals surface area contributed by atoms with Gasteiger partial charge in [0.1, 0.15) is 0 Å². The zero-order valence-electron chi connectivity index (χ0n) is 7.99. The van der Waals surface area contributed by atoms with Gasteiger partial charge < -0.3 is 4.90 Å². The Morgan fingerprint density at radius 1 is 1.31 bits per heavy atom. The lowest BCUT2D eigenvalue weighted by Crippen LogP contribution is -2.53. The molecule has 0 N–H and O–H groups in total. The van der Waals surface area contributed by atoms with E-state index in [1.807, 2.05) is 0 Å². The summed E-state index contributed by atoms with van der Waals surface area (Å²) in [7, 11) is 0. The molecule has 0 atom stereocenters. The number of hydrogen-bond acceptors (Lipinski definition) is 3. The molecular weight excluding hydrogens is 166 g/mol. The molecule has 1 fully saturated rings. The van der Waals surface area contributed by atoms with E-state index in [0.29, 0.717) is 0 Å². The number of amides is 1. The summed E-state index contributed by atoms with van der Waals surface area (Å²) in [6.07, 6.45) is 2.19. The van der Waals surface area contributed by atoms with Crippen LogP contribution in [-0.4, -0.2) is 47.8 Å². The highest BCUT2D eigenvalue weighted by Crippen LogP contribution is 2.13. The summed E-state index contributed by atoms with van der Waals surface area (Å²) in [6.45, 7) is 5.44. The van der Waals surface area contributed by atoms with Gasteiger partial charge in [-0.05, 0) is 12.8 Å². The first-order valence-corrected chi connectivity index (χ1v) is 4.86. The number of carbonyl (C=O) groups is 1. The molecule has 2 aliphatic rings. The van der Waals surface area contributed by atoms with Gasteiger partial charge in [0.15, 0.2) is 0 Å². The van der Waals surface area contributed by atoms with E-state index in [1.54, 1.807) is 11.8 Å². The SMILES string of the molecule is CC(=O)N1CCCN2CCCN=C21. The number of guanidine groups is 1. The average molecular weight is 181 g/mol. The second-order valence-electron chi connectivity index (χ2n) is 3.55. The summed E-state index contributed by atoms with van der Waals surface area (Å²) in [5.74, 6) is 1.02. The van der Waals surface area contributed by atoms with Crippen LogP contribution in [0.15, 0.2) is 4.99 Å². The van der Waals surface area contributed by atoms with E-state index in [1.165, 1.54) is 0 Å². The van der Waals surface area contributed by atoms with Crippen LogP contribution in [0.2, 0.25) is 0 Å².